The summed E-state index contributed by atoms with van der Waals surface area (Å²) in [5.41, 5.74) is 1.01. The minimum Gasteiger partial charge on any atom is -0.478 e. The van der Waals surface area contributed by atoms with E-state index in [9.17, 15) is 21.9 Å². The summed E-state index contributed by atoms with van der Waals surface area (Å²) in [4.78, 5) is 24.1. The van der Waals surface area contributed by atoms with Crippen LogP contribution in [0, 0.1) is 0 Å². The van der Waals surface area contributed by atoms with E-state index in [1.54, 1.807) is 6.07 Å². The normalized spacial score (nSPS) is 19.0. The molecule has 8 heteroatoms. The third kappa shape index (κ3) is 3.05. The SMILES string of the molecule is CCc1ccc(C(=O)O)cc1N1CC(S(=O)(=O)F)CC1=O. The number of halogens is 1. The molecular formula is C13H14FNO5S. The van der Waals surface area contributed by atoms with Crippen LogP contribution >= 0.6 is 0 Å². The molecule has 1 unspecified atom stereocenters. The first-order valence-corrected chi connectivity index (χ1v) is 7.78. The fourth-order valence-corrected chi connectivity index (χ4v) is 3.01. The van der Waals surface area contributed by atoms with Gasteiger partial charge in [-0.05, 0) is 24.1 Å². The van der Waals surface area contributed by atoms with E-state index >= 15 is 0 Å². The molecule has 1 aromatic carbocycles. The van der Waals surface area contributed by atoms with Gasteiger partial charge in [-0.3, -0.25) is 4.79 Å². The number of aromatic carboxylic acids is 1. The van der Waals surface area contributed by atoms with E-state index < -0.39 is 33.8 Å². The van der Waals surface area contributed by atoms with Crippen LogP contribution in [-0.2, 0) is 21.4 Å². The lowest BCUT2D eigenvalue weighted by Gasteiger charge is -2.20. The van der Waals surface area contributed by atoms with Crippen LogP contribution < -0.4 is 4.90 Å². The van der Waals surface area contributed by atoms with Crippen molar-refractivity contribution in [2.45, 2.75) is 25.0 Å². The molecule has 114 valence electrons. The molecule has 0 radical (unpaired) electrons. The monoisotopic (exact) mass is 315 g/mol. The first-order chi connectivity index (χ1) is 9.74. The van der Waals surface area contributed by atoms with Gasteiger partial charge in [0.2, 0.25) is 5.91 Å². The van der Waals surface area contributed by atoms with Crippen LogP contribution in [0.1, 0.15) is 29.3 Å². The average molecular weight is 315 g/mol. The zero-order chi connectivity index (χ0) is 15.8. The number of anilines is 1. The second kappa shape index (κ2) is 5.44. The molecule has 0 aliphatic carbocycles. The summed E-state index contributed by atoms with van der Waals surface area (Å²) in [7, 11) is -4.80. The van der Waals surface area contributed by atoms with Crippen molar-refractivity contribution in [1.82, 2.24) is 0 Å². The molecule has 1 saturated heterocycles. The van der Waals surface area contributed by atoms with Crippen LogP contribution in [0.2, 0.25) is 0 Å². The highest BCUT2D eigenvalue weighted by atomic mass is 32.3. The number of rotatable bonds is 4. The second-order valence-corrected chi connectivity index (χ2v) is 6.43. The molecule has 1 N–H and O–H groups in total. The molecule has 1 aliphatic rings. The number of aryl methyl sites for hydroxylation is 1. The molecule has 1 fully saturated rings. The van der Waals surface area contributed by atoms with Crippen LogP contribution in [0.4, 0.5) is 9.57 Å². The third-order valence-electron chi connectivity index (χ3n) is 3.49. The molecular weight excluding hydrogens is 301 g/mol. The van der Waals surface area contributed by atoms with E-state index in [0.717, 1.165) is 4.90 Å². The standard InChI is InChI=1S/C13H14FNO5S/c1-2-8-3-4-9(13(17)18)5-11(8)15-7-10(6-12(15)16)21(14,19)20/h3-5,10H,2,6-7H2,1H3,(H,17,18). The molecule has 1 amide bonds. The summed E-state index contributed by atoms with van der Waals surface area (Å²) in [5.74, 6) is -1.68. The zero-order valence-electron chi connectivity index (χ0n) is 11.2. The van der Waals surface area contributed by atoms with Crippen LogP contribution in [0.25, 0.3) is 0 Å². The Labute approximate surface area is 121 Å². The Morgan fingerprint density at radius 3 is 2.62 bits per heavy atom. The van der Waals surface area contributed by atoms with Crippen molar-refractivity contribution >= 4 is 27.8 Å². The van der Waals surface area contributed by atoms with E-state index in [1.165, 1.54) is 12.1 Å². The summed E-state index contributed by atoms with van der Waals surface area (Å²) in [5, 5.41) is 7.60. The van der Waals surface area contributed by atoms with Crippen LogP contribution in [0.5, 0.6) is 0 Å². The van der Waals surface area contributed by atoms with Crippen molar-refractivity contribution in [3.05, 3.63) is 29.3 Å². The molecule has 1 aliphatic heterocycles. The molecule has 0 aromatic heterocycles. The molecule has 1 heterocycles. The lowest BCUT2D eigenvalue weighted by Crippen LogP contribution is -2.28. The number of hydrogen-bond donors (Lipinski definition) is 1. The number of carboxylic acids is 1. The Morgan fingerprint density at radius 2 is 2.14 bits per heavy atom. The fourth-order valence-electron chi connectivity index (χ4n) is 2.34. The van der Waals surface area contributed by atoms with Crippen molar-refractivity contribution in [2.75, 3.05) is 11.4 Å². The minimum atomic E-state index is -4.80. The highest BCUT2D eigenvalue weighted by molar-refractivity contribution is 7.87. The fraction of sp³-hybridized carbons (Fsp3) is 0.385. The smallest absolute Gasteiger partial charge is 0.335 e. The quantitative estimate of drug-likeness (QED) is 0.847. The Hall–Kier alpha value is -1.96. The molecule has 2 rings (SSSR count). The van der Waals surface area contributed by atoms with Gasteiger partial charge in [0.05, 0.1) is 5.56 Å². The van der Waals surface area contributed by atoms with Crippen molar-refractivity contribution < 1.29 is 27.0 Å². The lowest BCUT2D eigenvalue weighted by atomic mass is 10.1. The number of amides is 1. The van der Waals surface area contributed by atoms with Crippen LogP contribution in [0.3, 0.4) is 0 Å². The largest absolute Gasteiger partial charge is 0.478 e. The summed E-state index contributed by atoms with van der Waals surface area (Å²) in [6.07, 6.45) is 0.103. The number of nitrogens with zero attached hydrogens (tertiary/aromatic N) is 1. The van der Waals surface area contributed by atoms with E-state index in [2.05, 4.69) is 0 Å². The molecule has 0 bridgehead atoms. The van der Waals surface area contributed by atoms with Gasteiger partial charge in [-0.15, -0.1) is 3.89 Å². The van der Waals surface area contributed by atoms with Gasteiger partial charge in [0.25, 0.3) is 0 Å². The van der Waals surface area contributed by atoms with Crippen molar-refractivity contribution in [3.8, 4) is 0 Å². The average Bonchev–Trinajstić information content (AvgIpc) is 2.79. The number of benzene rings is 1. The Morgan fingerprint density at radius 1 is 1.48 bits per heavy atom. The predicted molar refractivity (Wildman–Crippen MR) is 73.6 cm³/mol. The van der Waals surface area contributed by atoms with Gasteiger partial charge in [0.1, 0.15) is 5.25 Å². The van der Waals surface area contributed by atoms with Crippen LogP contribution in [-0.4, -0.2) is 37.2 Å². The number of carboxylic acid groups (broad SMARTS) is 1. The Bertz CT molecular complexity index is 701. The lowest BCUT2D eigenvalue weighted by molar-refractivity contribution is -0.117. The first kappa shape index (κ1) is 15.4. The maximum Gasteiger partial charge on any atom is 0.335 e. The molecule has 1 atom stereocenters. The Kier molecular flexibility index (Phi) is 3.99. The highest BCUT2D eigenvalue weighted by Gasteiger charge is 2.39. The van der Waals surface area contributed by atoms with Crippen molar-refractivity contribution in [3.63, 3.8) is 0 Å². The molecule has 1 aromatic rings. The maximum absolute atomic E-state index is 13.0. The molecule has 0 saturated carbocycles. The van der Waals surface area contributed by atoms with Gasteiger partial charge < -0.3 is 10.0 Å². The van der Waals surface area contributed by atoms with E-state index in [-0.39, 0.29) is 12.1 Å². The second-order valence-electron chi connectivity index (χ2n) is 4.81. The van der Waals surface area contributed by atoms with E-state index in [4.69, 9.17) is 5.11 Å². The third-order valence-corrected chi connectivity index (χ3v) is 4.60. The van der Waals surface area contributed by atoms with E-state index in [1.807, 2.05) is 6.92 Å². The van der Waals surface area contributed by atoms with Gasteiger partial charge in [0, 0.05) is 18.7 Å². The van der Waals surface area contributed by atoms with Crippen molar-refractivity contribution in [2.24, 2.45) is 0 Å². The van der Waals surface area contributed by atoms with Gasteiger partial charge in [-0.1, -0.05) is 13.0 Å². The van der Waals surface area contributed by atoms with Gasteiger partial charge in [0.15, 0.2) is 0 Å². The number of carbonyl (C=O) groups excluding carboxylic acids is 1. The van der Waals surface area contributed by atoms with E-state index in [0.29, 0.717) is 17.7 Å². The van der Waals surface area contributed by atoms with Crippen LogP contribution in [0.15, 0.2) is 18.2 Å². The minimum absolute atomic E-state index is 0.0124. The summed E-state index contributed by atoms with van der Waals surface area (Å²) in [6.45, 7) is 1.52. The topological polar surface area (TPSA) is 91.8 Å². The van der Waals surface area contributed by atoms with Gasteiger partial charge >= 0.3 is 16.2 Å². The predicted octanol–water partition coefficient (Wildman–Crippen LogP) is 1.35. The molecule has 6 nitrogen and oxygen atoms in total. The summed E-state index contributed by atoms with van der Waals surface area (Å²) in [6, 6.07) is 4.30. The summed E-state index contributed by atoms with van der Waals surface area (Å²) >= 11 is 0. The summed E-state index contributed by atoms with van der Waals surface area (Å²) < 4.78 is 34.9. The van der Waals surface area contributed by atoms with Gasteiger partial charge in [-0.25, -0.2) is 4.79 Å². The van der Waals surface area contributed by atoms with Gasteiger partial charge in [-0.2, -0.15) is 8.42 Å². The molecule has 0 spiro atoms. The molecule has 21 heavy (non-hydrogen) atoms. The Balaban J connectivity index is 2.43. The maximum atomic E-state index is 13.0. The number of carbonyl (C=O) groups is 2. The van der Waals surface area contributed by atoms with Crippen molar-refractivity contribution in [1.29, 1.82) is 0 Å². The number of hydrogen-bond acceptors (Lipinski definition) is 4. The highest BCUT2D eigenvalue weighted by Crippen LogP contribution is 2.30. The zero-order valence-corrected chi connectivity index (χ0v) is 12.1. The first-order valence-electron chi connectivity index (χ1n) is 6.34.